The van der Waals surface area contributed by atoms with Crippen LogP contribution in [0.4, 0.5) is 5.69 Å². The molecule has 1 saturated heterocycles. The normalized spacial score (nSPS) is 15.4. The van der Waals surface area contributed by atoms with Crippen molar-refractivity contribution in [3.05, 3.63) is 53.7 Å². The van der Waals surface area contributed by atoms with Crippen LogP contribution in [0.3, 0.4) is 0 Å². The van der Waals surface area contributed by atoms with Gasteiger partial charge in [0.2, 0.25) is 5.82 Å². The standard InChI is InChI=1S/C26H31ClN6O/c1-30(2)13-15-33-18-21(20-7-4-5-8-23(20)33)26-28-25(29-34-26)19-9-10-24(22(27)17-19)32-12-6-11-31(3)14-16-32/h4-5,7-10,17-18H,6,11-16H2,1-3H3. The number of likely N-dealkylation sites (N-methyl/N-ethyl adjacent to an activating group) is 2. The summed E-state index contributed by atoms with van der Waals surface area (Å²) in [6, 6.07) is 14.4. The molecule has 0 radical (unpaired) electrons. The molecular formula is C26H31ClN6O. The molecule has 8 heteroatoms. The van der Waals surface area contributed by atoms with Gasteiger partial charge in [-0.1, -0.05) is 35.0 Å². The van der Waals surface area contributed by atoms with Crippen molar-refractivity contribution >= 4 is 28.2 Å². The van der Waals surface area contributed by atoms with E-state index >= 15 is 0 Å². The van der Waals surface area contributed by atoms with Crippen molar-refractivity contribution in [3.63, 3.8) is 0 Å². The molecule has 3 heterocycles. The molecule has 0 unspecified atom stereocenters. The molecule has 0 saturated carbocycles. The number of aromatic nitrogens is 3. The van der Waals surface area contributed by atoms with Gasteiger partial charge in [-0.2, -0.15) is 4.98 Å². The number of hydrogen-bond acceptors (Lipinski definition) is 6. The first-order valence-electron chi connectivity index (χ1n) is 11.8. The molecule has 2 aromatic heterocycles. The highest BCUT2D eigenvalue weighted by Crippen LogP contribution is 2.34. The van der Waals surface area contributed by atoms with Crippen molar-refractivity contribution < 1.29 is 4.52 Å². The zero-order valence-corrected chi connectivity index (χ0v) is 20.8. The minimum Gasteiger partial charge on any atom is -0.369 e. The summed E-state index contributed by atoms with van der Waals surface area (Å²) in [4.78, 5) is 11.6. The average Bonchev–Trinajstić information content (AvgIpc) is 3.39. The molecule has 0 amide bonds. The highest BCUT2D eigenvalue weighted by atomic mass is 35.5. The van der Waals surface area contributed by atoms with Crippen molar-refractivity contribution in [2.45, 2.75) is 13.0 Å². The van der Waals surface area contributed by atoms with E-state index in [-0.39, 0.29) is 0 Å². The maximum atomic E-state index is 6.72. The zero-order valence-electron chi connectivity index (χ0n) is 20.0. The fraction of sp³-hybridized carbons (Fsp3) is 0.385. The molecule has 0 atom stereocenters. The van der Waals surface area contributed by atoms with Gasteiger partial charge in [0.05, 0.1) is 16.3 Å². The number of para-hydroxylation sites is 1. The van der Waals surface area contributed by atoms with Crippen LogP contribution in [-0.4, -0.2) is 78.4 Å². The van der Waals surface area contributed by atoms with Gasteiger partial charge in [-0.3, -0.25) is 0 Å². The van der Waals surface area contributed by atoms with E-state index in [1.165, 1.54) is 0 Å². The highest BCUT2D eigenvalue weighted by Gasteiger charge is 2.19. The Morgan fingerprint density at radius 1 is 1.06 bits per heavy atom. The molecule has 1 aliphatic rings. The minimum atomic E-state index is 0.519. The zero-order chi connectivity index (χ0) is 23.7. The number of benzene rings is 2. The molecule has 34 heavy (non-hydrogen) atoms. The van der Waals surface area contributed by atoms with Crippen LogP contribution < -0.4 is 4.90 Å². The lowest BCUT2D eigenvalue weighted by Crippen LogP contribution is -2.28. The first-order valence-corrected chi connectivity index (χ1v) is 12.2. The summed E-state index contributed by atoms with van der Waals surface area (Å²) >= 11 is 6.72. The van der Waals surface area contributed by atoms with Gasteiger partial charge in [0, 0.05) is 55.4 Å². The second kappa shape index (κ2) is 9.78. The first kappa shape index (κ1) is 22.9. The lowest BCUT2D eigenvalue weighted by Gasteiger charge is -2.24. The summed E-state index contributed by atoms with van der Waals surface area (Å²) in [5.41, 5.74) is 4.03. The van der Waals surface area contributed by atoms with Crippen molar-refractivity contribution in [3.8, 4) is 22.8 Å². The van der Waals surface area contributed by atoms with Crippen LogP contribution >= 0.6 is 11.6 Å². The smallest absolute Gasteiger partial charge is 0.260 e. The van der Waals surface area contributed by atoms with Crippen LogP contribution in [0.2, 0.25) is 5.02 Å². The van der Waals surface area contributed by atoms with E-state index in [4.69, 9.17) is 21.1 Å². The van der Waals surface area contributed by atoms with Crippen LogP contribution in [0.1, 0.15) is 6.42 Å². The first-order chi connectivity index (χ1) is 16.5. The van der Waals surface area contributed by atoms with Crippen LogP contribution in [0.15, 0.2) is 53.2 Å². The van der Waals surface area contributed by atoms with Crippen molar-refractivity contribution in [1.82, 2.24) is 24.5 Å². The predicted molar refractivity (Wildman–Crippen MR) is 139 cm³/mol. The summed E-state index contributed by atoms with van der Waals surface area (Å²) in [7, 11) is 6.33. The molecule has 0 bridgehead atoms. The van der Waals surface area contributed by atoms with E-state index in [1.807, 2.05) is 18.2 Å². The number of rotatable bonds is 6. The third-order valence-corrected chi connectivity index (χ3v) is 6.80. The van der Waals surface area contributed by atoms with E-state index in [1.54, 1.807) is 0 Å². The maximum absolute atomic E-state index is 6.72. The van der Waals surface area contributed by atoms with Crippen LogP contribution in [-0.2, 0) is 6.54 Å². The van der Waals surface area contributed by atoms with Gasteiger partial charge >= 0.3 is 0 Å². The summed E-state index contributed by atoms with van der Waals surface area (Å²) in [6.07, 6.45) is 3.24. The summed E-state index contributed by atoms with van der Waals surface area (Å²) in [6.45, 7) is 5.97. The third kappa shape index (κ3) is 4.69. The molecule has 1 aliphatic heterocycles. The number of hydrogen-bond donors (Lipinski definition) is 0. The number of fused-ring (bicyclic) bond motifs is 1. The largest absolute Gasteiger partial charge is 0.369 e. The Kier molecular flexibility index (Phi) is 6.59. The van der Waals surface area contributed by atoms with Crippen LogP contribution in [0.5, 0.6) is 0 Å². The summed E-state index contributed by atoms with van der Waals surface area (Å²) in [5, 5.41) is 6.10. The van der Waals surface area contributed by atoms with Crippen LogP contribution in [0.25, 0.3) is 33.7 Å². The Hall–Kier alpha value is -2.87. The van der Waals surface area contributed by atoms with Crippen molar-refractivity contribution in [2.75, 3.05) is 58.8 Å². The minimum absolute atomic E-state index is 0.519. The Balaban J connectivity index is 1.42. The molecule has 5 rings (SSSR count). The molecule has 7 nitrogen and oxygen atoms in total. The van der Waals surface area contributed by atoms with Gasteiger partial charge < -0.3 is 23.8 Å². The monoisotopic (exact) mass is 478 g/mol. The molecule has 0 N–H and O–H groups in total. The van der Waals surface area contributed by atoms with E-state index in [0.29, 0.717) is 16.7 Å². The van der Waals surface area contributed by atoms with E-state index < -0.39 is 0 Å². The van der Waals surface area contributed by atoms with Gasteiger partial charge in [-0.15, -0.1) is 0 Å². The molecule has 1 fully saturated rings. The third-order valence-electron chi connectivity index (χ3n) is 6.50. The SMILES string of the molecule is CN(C)CCn1cc(-c2nc(-c3ccc(N4CCCN(C)CC4)c(Cl)c3)no2)c2ccccc21. The Bertz CT molecular complexity index is 1280. The van der Waals surface area contributed by atoms with Gasteiger partial charge in [-0.05, 0) is 58.4 Å². The summed E-state index contributed by atoms with van der Waals surface area (Å²) < 4.78 is 7.97. The fourth-order valence-electron chi connectivity index (χ4n) is 4.55. The van der Waals surface area contributed by atoms with Gasteiger partial charge in [0.15, 0.2) is 0 Å². The van der Waals surface area contributed by atoms with Crippen LogP contribution in [0, 0.1) is 0 Å². The lowest BCUT2D eigenvalue weighted by atomic mass is 10.1. The number of halogens is 1. The molecule has 0 spiro atoms. The second-order valence-electron chi connectivity index (χ2n) is 9.29. The van der Waals surface area contributed by atoms with Crippen molar-refractivity contribution in [1.29, 1.82) is 0 Å². The molecule has 0 aliphatic carbocycles. The van der Waals surface area contributed by atoms with Gasteiger partial charge in [0.1, 0.15) is 0 Å². The van der Waals surface area contributed by atoms with Gasteiger partial charge in [0.25, 0.3) is 5.89 Å². The number of anilines is 1. The second-order valence-corrected chi connectivity index (χ2v) is 9.70. The topological polar surface area (TPSA) is 53.6 Å². The molecule has 4 aromatic rings. The Labute approximate surface area is 205 Å². The molecule has 178 valence electrons. The average molecular weight is 479 g/mol. The van der Waals surface area contributed by atoms with E-state index in [9.17, 15) is 0 Å². The predicted octanol–water partition coefficient (Wildman–Crippen LogP) is 4.72. The Morgan fingerprint density at radius 3 is 2.74 bits per heavy atom. The van der Waals surface area contributed by atoms with E-state index in [2.05, 4.69) is 76.0 Å². The number of nitrogens with zero attached hydrogens (tertiary/aromatic N) is 6. The van der Waals surface area contributed by atoms with E-state index in [0.717, 1.165) is 73.4 Å². The van der Waals surface area contributed by atoms with Gasteiger partial charge in [-0.25, -0.2) is 0 Å². The maximum Gasteiger partial charge on any atom is 0.260 e. The highest BCUT2D eigenvalue weighted by molar-refractivity contribution is 6.33. The molecular weight excluding hydrogens is 448 g/mol. The quantitative estimate of drug-likeness (QED) is 0.400. The fourth-order valence-corrected chi connectivity index (χ4v) is 4.85. The van der Waals surface area contributed by atoms with Crippen molar-refractivity contribution in [2.24, 2.45) is 0 Å². The summed E-state index contributed by atoms with van der Waals surface area (Å²) in [5.74, 6) is 1.06. The lowest BCUT2D eigenvalue weighted by molar-refractivity contribution is 0.360. The Morgan fingerprint density at radius 2 is 1.91 bits per heavy atom. The molecule has 2 aromatic carbocycles.